The molecule has 0 amide bonds. The van der Waals surface area contributed by atoms with Crippen molar-refractivity contribution in [2.75, 3.05) is 0 Å². The van der Waals surface area contributed by atoms with E-state index in [0.717, 1.165) is 28.5 Å². The summed E-state index contributed by atoms with van der Waals surface area (Å²) in [5, 5.41) is 0. The number of aromatic nitrogens is 2. The van der Waals surface area contributed by atoms with Gasteiger partial charge in [0.1, 0.15) is 5.82 Å². The predicted molar refractivity (Wildman–Crippen MR) is 98.5 cm³/mol. The average Bonchev–Trinajstić information content (AvgIpc) is 2.95. The molecule has 0 aliphatic rings. The van der Waals surface area contributed by atoms with Crippen LogP contribution in [0.1, 0.15) is 23.9 Å². The highest BCUT2D eigenvalue weighted by atomic mass is 15.1. The molecule has 0 aliphatic carbocycles. The van der Waals surface area contributed by atoms with Gasteiger partial charge in [-0.25, -0.2) is 4.98 Å². The van der Waals surface area contributed by atoms with Crippen LogP contribution in [0.2, 0.25) is 0 Å². The van der Waals surface area contributed by atoms with Crippen molar-refractivity contribution < 1.29 is 0 Å². The van der Waals surface area contributed by atoms with Crippen molar-refractivity contribution in [3.8, 4) is 17.1 Å². The van der Waals surface area contributed by atoms with Crippen LogP contribution in [0.4, 0.5) is 0 Å². The first-order valence-corrected chi connectivity index (χ1v) is 7.75. The smallest absolute Gasteiger partial charge is 0.145 e. The molecule has 0 atom stereocenters. The Kier molecular flexibility index (Phi) is 4.24. The van der Waals surface area contributed by atoms with Crippen LogP contribution in [0.5, 0.6) is 0 Å². The van der Waals surface area contributed by atoms with Gasteiger partial charge in [0.05, 0.1) is 11.4 Å². The molecule has 23 heavy (non-hydrogen) atoms. The number of hydrogen-bond acceptors (Lipinski definition) is 1. The van der Waals surface area contributed by atoms with Gasteiger partial charge in [0, 0.05) is 11.3 Å². The predicted octanol–water partition coefficient (Wildman–Crippen LogP) is 5.52. The molecule has 2 heteroatoms. The zero-order valence-electron chi connectivity index (χ0n) is 13.5. The maximum atomic E-state index is 4.85. The summed E-state index contributed by atoms with van der Waals surface area (Å²) in [6, 6.07) is 18.7. The van der Waals surface area contributed by atoms with Gasteiger partial charge in [-0.15, -0.1) is 0 Å². The summed E-state index contributed by atoms with van der Waals surface area (Å²) >= 11 is 0. The topological polar surface area (TPSA) is 17.8 Å². The fourth-order valence-electron chi connectivity index (χ4n) is 2.66. The van der Waals surface area contributed by atoms with Crippen molar-refractivity contribution in [1.82, 2.24) is 9.55 Å². The third kappa shape index (κ3) is 2.88. The van der Waals surface area contributed by atoms with Gasteiger partial charge in [-0.05, 0) is 38.1 Å². The van der Waals surface area contributed by atoms with E-state index in [9.17, 15) is 0 Å². The number of rotatable bonds is 4. The van der Waals surface area contributed by atoms with E-state index >= 15 is 0 Å². The van der Waals surface area contributed by atoms with E-state index in [0.29, 0.717) is 0 Å². The maximum Gasteiger partial charge on any atom is 0.145 e. The molecule has 0 aliphatic heterocycles. The Labute approximate surface area is 137 Å². The second kappa shape index (κ2) is 6.49. The Bertz CT molecular complexity index is 838. The van der Waals surface area contributed by atoms with Crippen molar-refractivity contribution in [2.24, 2.45) is 0 Å². The minimum Gasteiger partial charge on any atom is -0.292 e. The van der Waals surface area contributed by atoms with E-state index in [1.54, 1.807) is 0 Å². The van der Waals surface area contributed by atoms with Crippen molar-refractivity contribution in [3.63, 3.8) is 0 Å². The number of benzene rings is 2. The van der Waals surface area contributed by atoms with Gasteiger partial charge in [-0.3, -0.25) is 4.57 Å². The first-order valence-electron chi connectivity index (χ1n) is 7.75. The van der Waals surface area contributed by atoms with Crippen LogP contribution < -0.4 is 0 Å². The molecule has 0 unspecified atom stereocenters. The van der Waals surface area contributed by atoms with Crippen LogP contribution in [0.3, 0.4) is 0 Å². The van der Waals surface area contributed by atoms with Crippen molar-refractivity contribution in [2.45, 2.75) is 13.8 Å². The average molecular weight is 300 g/mol. The molecule has 0 fully saturated rings. The fraction of sp³-hybridized carbons (Fsp3) is 0.0952. The molecule has 1 aromatic heterocycles. The normalized spacial score (nSPS) is 11.0. The first-order chi connectivity index (χ1) is 11.2. The molecule has 1 heterocycles. The number of hydrogen-bond donors (Lipinski definition) is 0. The van der Waals surface area contributed by atoms with Crippen molar-refractivity contribution in [1.29, 1.82) is 0 Å². The molecule has 0 spiro atoms. The number of imidazole rings is 1. The number of para-hydroxylation sites is 1. The lowest BCUT2D eigenvalue weighted by molar-refractivity contribution is 1.05. The van der Waals surface area contributed by atoms with Gasteiger partial charge in [0.15, 0.2) is 0 Å². The van der Waals surface area contributed by atoms with Crippen LogP contribution in [-0.4, -0.2) is 9.55 Å². The SMILES string of the molecule is C=Cc1c(/C=C\C)nc(-c2ccc(C)cc2)n1-c1ccccc1. The maximum absolute atomic E-state index is 4.85. The van der Waals surface area contributed by atoms with Gasteiger partial charge in [-0.2, -0.15) is 0 Å². The highest BCUT2D eigenvalue weighted by molar-refractivity contribution is 5.70. The summed E-state index contributed by atoms with van der Waals surface area (Å²) in [6.45, 7) is 8.08. The zero-order chi connectivity index (χ0) is 16.2. The minimum atomic E-state index is 0.930. The summed E-state index contributed by atoms with van der Waals surface area (Å²) in [6.07, 6.45) is 5.89. The molecule has 3 aromatic rings. The molecule has 114 valence electrons. The first kappa shape index (κ1) is 15.0. The molecule has 0 saturated carbocycles. The zero-order valence-corrected chi connectivity index (χ0v) is 13.5. The van der Waals surface area contributed by atoms with E-state index in [4.69, 9.17) is 4.98 Å². The summed E-state index contributed by atoms with van der Waals surface area (Å²) < 4.78 is 2.16. The molecular weight excluding hydrogens is 280 g/mol. The minimum absolute atomic E-state index is 0.930. The largest absolute Gasteiger partial charge is 0.292 e. The molecule has 2 aromatic carbocycles. The molecule has 0 bridgehead atoms. The number of aryl methyl sites for hydroxylation is 1. The van der Waals surface area contributed by atoms with Crippen LogP contribution in [-0.2, 0) is 0 Å². The van der Waals surface area contributed by atoms with Gasteiger partial charge < -0.3 is 0 Å². The Morgan fingerprint density at radius 3 is 2.30 bits per heavy atom. The highest BCUT2D eigenvalue weighted by Gasteiger charge is 2.16. The van der Waals surface area contributed by atoms with Crippen LogP contribution in [0.25, 0.3) is 29.2 Å². The standard InChI is InChI=1S/C21H20N2/c1-4-9-19-20(5-2)23(18-10-7-6-8-11-18)21(22-19)17-14-12-16(3)13-15-17/h4-15H,2H2,1,3H3/b9-4-. The number of allylic oxidation sites excluding steroid dienone is 1. The second-order valence-electron chi connectivity index (χ2n) is 5.45. The molecular formula is C21H20N2. The molecule has 0 N–H and O–H groups in total. The fourth-order valence-corrected chi connectivity index (χ4v) is 2.66. The lowest BCUT2D eigenvalue weighted by Crippen LogP contribution is -1.99. The van der Waals surface area contributed by atoms with Crippen LogP contribution in [0, 0.1) is 6.92 Å². The third-order valence-electron chi connectivity index (χ3n) is 3.78. The van der Waals surface area contributed by atoms with Crippen molar-refractivity contribution in [3.05, 3.63) is 84.2 Å². The molecule has 2 nitrogen and oxygen atoms in total. The van der Waals surface area contributed by atoms with Crippen LogP contribution in [0.15, 0.2) is 67.3 Å². The van der Waals surface area contributed by atoms with E-state index in [2.05, 4.69) is 54.5 Å². The van der Waals surface area contributed by atoms with E-state index in [1.165, 1.54) is 5.56 Å². The van der Waals surface area contributed by atoms with Crippen LogP contribution >= 0.6 is 0 Å². The Morgan fingerprint density at radius 2 is 1.70 bits per heavy atom. The lowest BCUT2D eigenvalue weighted by atomic mass is 10.1. The molecule has 3 rings (SSSR count). The Balaban J connectivity index is 2.30. The van der Waals surface area contributed by atoms with E-state index in [1.807, 2.05) is 43.4 Å². The summed E-state index contributed by atoms with van der Waals surface area (Å²) in [5.41, 5.74) is 5.36. The Hall–Kier alpha value is -2.87. The lowest BCUT2D eigenvalue weighted by Gasteiger charge is -2.10. The van der Waals surface area contributed by atoms with Gasteiger partial charge in [0.25, 0.3) is 0 Å². The second-order valence-corrected chi connectivity index (χ2v) is 5.45. The summed E-state index contributed by atoms with van der Waals surface area (Å²) in [4.78, 5) is 4.85. The van der Waals surface area contributed by atoms with Gasteiger partial charge in [0.2, 0.25) is 0 Å². The van der Waals surface area contributed by atoms with E-state index < -0.39 is 0 Å². The molecule has 0 radical (unpaired) electrons. The third-order valence-corrected chi connectivity index (χ3v) is 3.78. The van der Waals surface area contributed by atoms with Gasteiger partial charge in [-0.1, -0.05) is 60.7 Å². The summed E-state index contributed by atoms with van der Waals surface area (Å²) in [7, 11) is 0. The van der Waals surface area contributed by atoms with Gasteiger partial charge >= 0.3 is 0 Å². The molecule has 0 saturated heterocycles. The quantitative estimate of drug-likeness (QED) is 0.620. The van der Waals surface area contributed by atoms with Crippen molar-refractivity contribution >= 4 is 12.2 Å². The monoisotopic (exact) mass is 300 g/mol. The van der Waals surface area contributed by atoms with E-state index in [-0.39, 0.29) is 0 Å². The highest BCUT2D eigenvalue weighted by Crippen LogP contribution is 2.28. The Morgan fingerprint density at radius 1 is 1.00 bits per heavy atom. The summed E-state index contributed by atoms with van der Waals surface area (Å²) in [5.74, 6) is 0.930. The number of nitrogens with zero attached hydrogens (tertiary/aromatic N) is 2.